The number of methoxy groups -OCH3 is 1. The molecule has 0 atom stereocenters. The first-order chi connectivity index (χ1) is 16.4. The van der Waals surface area contributed by atoms with Crippen LogP contribution in [0.3, 0.4) is 0 Å². The van der Waals surface area contributed by atoms with Crippen LogP contribution in [0.5, 0.6) is 11.5 Å². The third-order valence-corrected chi connectivity index (χ3v) is 5.89. The first kappa shape index (κ1) is 23.1. The topological polar surface area (TPSA) is 77.3 Å². The number of anilines is 3. The summed E-state index contributed by atoms with van der Waals surface area (Å²) in [6, 6.07) is 5.83. The van der Waals surface area contributed by atoms with E-state index in [0.717, 1.165) is 28.5 Å². The number of rotatable bonds is 8. The van der Waals surface area contributed by atoms with Crippen molar-refractivity contribution in [3.63, 3.8) is 0 Å². The van der Waals surface area contributed by atoms with Gasteiger partial charge >= 0.3 is 0 Å². The predicted molar refractivity (Wildman–Crippen MR) is 136 cm³/mol. The molecule has 0 saturated carbocycles. The van der Waals surface area contributed by atoms with Gasteiger partial charge in [-0.2, -0.15) is 4.98 Å². The zero-order chi connectivity index (χ0) is 24.3. The summed E-state index contributed by atoms with van der Waals surface area (Å²) in [6.07, 6.45) is 11.0. The van der Waals surface area contributed by atoms with Gasteiger partial charge in [-0.3, -0.25) is 0 Å². The second kappa shape index (κ2) is 9.43. The van der Waals surface area contributed by atoms with Crippen LogP contribution in [0.4, 0.5) is 17.5 Å². The average Bonchev–Trinajstić information content (AvgIpc) is 3.27. The van der Waals surface area contributed by atoms with Gasteiger partial charge in [-0.1, -0.05) is 31.4 Å². The van der Waals surface area contributed by atoms with Crippen molar-refractivity contribution in [3.8, 4) is 17.2 Å². The van der Waals surface area contributed by atoms with E-state index in [1.54, 1.807) is 25.7 Å². The van der Waals surface area contributed by atoms with Crippen molar-refractivity contribution in [2.24, 2.45) is 0 Å². The van der Waals surface area contributed by atoms with Gasteiger partial charge in [0.15, 0.2) is 11.6 Å². The minimum absolute atomic E-state index is 0.367. The maximum absolute atomic E-state index is 5.84. The molecular weight excluding hydrogens is 428 g/mol. The first-order valence-corrected chi connectivity index (χ1v) is 11.1. The third-order valence-electron chi connectivity index (χ3n) is 5.89. The molecular formula is C26H30N6O2. The van der Waals surface area contributed by atoms with Crippen LogP contribution in [0.1, 0.15) is 19.5 Å². The van der Waals surface area contributed by atoms with Crippen LogP contribution in [0.15, 0.2) is 73.9 Å². The highest BCUT2D eigenvalue weighted by molar-refractivity contribution is 5.65. The molecule has 176 valence electrons. The Bertz CT molecular complexity index is 1240. The summed E-state index contributed by atoms with van der Waals surface area (Å²) < 4.78 is 13.4. The maximum Gasteiger partial charge on any atom is 0.229 e. The van der Waals surface area contributed by atoms with Gasteiger partial charge in [0.2, 0.25) is 5.95 Å². The Labute approximate surface area is 200 Å². The fourth-order valence-corrected chi connectivity index (χ4v) is 4.07. The van der Waals surface area contributed by atoms with Crippen LogP contribution in [-0.4, -0.2) is 45.3 Å². The molecule has 0 aliphatic carbocycles. The van der Waals surface area contributed by atoms with Gasteiger partial charge in [0, 0.05) is 18.0 Å². The summed E-state index contributed by atoms with van der Waals surface area (Å²) in [5.74, 6) is 2.54. The van der Waals surface area contributed by atoms with E-state index in [9.17, 15) is 0 Å². The lowest BCUT2D eigenvalue weighted by Gasteiger charge is -2.43. The SMILES string of the molecule is C=C/C=C(\C=C)C(C)(C)N1CCOc2cnc(Nc3ccc(-n4cnc(C)c4)c(OC)c3)nc21. The molecule has 0 unspecified atom stereocenters. The van der Waals surface area contributed by atoms with Gasteiger partial charge < -0.3 is 24.3 Å². The Morgan fingerprint density at radius 2 is 2.09 bits per heavy atom. The van der Waals surface area contributed by atoms with Gasteiger partial charge in [0.05, 0.1) is 43.1 Å². The Hall–Kier alpha value is -4.07. The van der Waals surface area contributed by atoms with Gasteiger partial charge in [-0.25, -0.2) is 9.97 Å². The van der Waals surface area contributed by atoms with Crippen molar-refractivity contribution in [1.82, 2.24) is 19.5 Å². The minimum atomic E-state index is -0.367. The standard InChI is InChI=1S/C26H30N6O2/c1-7-9-19(8-2)26(4,5)32-12-13-34-23-15-27-25(30-24(23)32)29-20-10-11-21(22(14-20)33-6)31-16-18(3)28-17-31/h7-11,14-17H,1-2,12-13H2,3-6H3,(H,27,29,30)/b19-9+. The molecule has 8 nitrogen and oxygen atoms in total. The highest BCUT2D eigenvalue weighted by Crippen LogP contribution is 2.38. The lowest BCUT2D eigenvalue weighted by atomic mass is 9.90. The molecule has 8 heteroatoms. The Morgan fingerprint density at radius 3 is 2.76 bits per heavy atom. The highest BCUT2D eigenvalue weighted by atomic mass is 16.5. The van der Waals surface area contributed by atoms with Crippen LogP contribution in [0, 0.1) is 6.92 Å². The molecule has 34 heavy (non-hydrogen) atoms. The number of nitrogens with zero attached hydrogens (tertiary/aromatic N) is 5. The first-order valence-electron chi connectivity index (χ1n) is 11.1. The fourth-order valence-electron chi connectivity index (χ4n) is 4.07. The van der Waals surface area contributed by atoms with E-state index >= 15 is 0 Å². The van der Waals surface area contributed by atoms with E-state index in [1.165, 1.54) is 0 Å². The van der Waals surface area contributed by atoms with Crippen LogP contribution < -0.4 is 19.7 Å². The number of imidazole rings is 1. The minimum Gasteiger partial charge on any atom is -0.494 e. The number of fused-ring (bicyclic) bond motifs is 1. The number of ether oxygens (including phenoxy) is 2. The Kier molecular flexibility index (Phi) is 6.40. The van der Waals surface area contributed by atoms with Crippen LogP contribution in [-0.2, 0) is 0 Å². The van der Waals surface area contributed by atoms with Crippen molar-refractivity contribution in [2.45, 2.75) is 26.3 Å². The number of nitrogens with one attached hydrogen (secondary N) is 1. The van der Waals surface area contributed by atoms with Crippen molar-refractivity contribution in [2.75, 3.05) is 30.5 Å². The second-order valence-electron chi connectivity index (χ2n) is 8.44. The number of aromatic nitrogens is 4. The summed E-state index contributed by atoms with van der Waals surface area (Å²) >= 11 is 0. The van der Waals surface area contributed by atoms with Crippen molar-refractivity contribution < 1.29 is 9.47 Å². The quantitative estimate of drug-likeness (QED) is 0.476. The molecule has 0 bridgehead atoms. The summed E-state index contributed by atoms with van der Waals surface area (Å²) in [6.45, 7) is 15.3. The van der Waals surface area contributed by atoms with Crippen molar-refractivity contribution in [1.29, 1.82) is 0 Å². The largest absolute Gasteiger partial charge is 0.494 e. The normalized spacial score (nSPS) is 13.6. The zero-order valence-electron chi connectivity index (χ0n) is 20.1. The zero-order valence-corrected chi connectivity index (χ0v) is 20.1. The molecule has 0 saturated heterocycles. The Morgan fingerprint density at radius 1 is 1.26 bits per heavy atom. The molecule has 0 spiro atoms. The van der Waals surface area contributed by atoms with E-state index in [0.29, 0.717) is 30.6 Å². The van der Waals surface area contributed by atoms with Crippen LogP contribution in [0.25, 0.3) is 5.69 Å². The number of hydrogen-bond donors (Lipinski definition) is 1. The maximum atomic E-state index is 5.84. The van der Waals surface area contributed by atoms with Gasteiger partial charge in [-0.15, -0.1) is 0 Å². The van der Waals surface area contributed by atoms with E-state index < -0.39 is 0 Å². The van der Waals surface area contributed by atoms with E-state index in [1.807, 2.05) is 48.0 Å². The number of hydrogen-bond acceptors (Lipinski definition) is 7. The summed E-state index contributed by atoms with van der Waals surface area (Å²) in [5, 5.41) is 3.29. The molecule has 0 radical (unpaired) electrons. The smallest absolute Gasteiger partial charge is 0.229 e. The summed E-state index contributed by atoms with van der Waals surface area (Å²) in [5.41, 5.74) is 3.31. The molecule has 2 aromatic heterocycles. The fraction of sp³-hybridized carbons (Fsp3) is 0.269. The molecule has 0 fully saturated rings. The summed E-state index contributed by atoms with van der Waals surface area (Å²) in [4.78, 5) is 15.8. The Balaban J connectivity index is 1.65. The molecule has 3 heterocycles. The molecule has 1 aromatic carbocycles. The van der Waals surface area contributed by atoms with Crippen molar-refractivity contribution >= 4 is 17.5 Å². The molecule has 4 rings (SSSR count). The number of benzene rings is 1. The molecule has 0 amide bonds. The third kappa shape index (κ3) is 4.39. The lowest BCUT2D eigenvalue weighted by molar-refractivity contribution is 0.289. The average molecular weight is 459 g/mol. The van der Waals surface area contributed by atoms with E-state index in [-0.39, 0.29) is 5.54 Å². The predicted octanol–water partition coefficient (Wildman–Crippen LogP) is 5.00. The number of aryl methyl sites for hydroxylation is 1. The van der Waals surface area contributed by atoms with Crippen LogP contribution in [0.2, 0.25) is 0 Å². The molecule has 1 N–H and O–H groups in total. The van der Waals surface area contributed by atoms with Crippen molar-refractivity contribution in [3.05, 3.63) is 79.6 Å². The van der Waals surface area contributed by atoms with E-state index in [2.05, 4.69) is 47.2 Å². The van der Waals surface area contributed by atoms with E-state index in [4.69, 9.17) is 14.5 Å². The second-order valence-corrected chi connectivity index (χ2v) is 8.44. The lowest BCUT2D eigenvalue weighted by Crippen LogP contribution is -2.49. The molecule has 1 aliphatic heterocycles. The highest BCUT2D eigenvalue weighted by Gasteiger charge is 2.35. The molecule has 1 aliphatic rings. The monoisotopic (exact) mass is 458 g/mol. The van der Waals surface area contributed by atoms with Crippen LogP contribution >= 0.6 is 0 Å². The number of allylic oxidation sites excluding steroid dienone is 2. The van der Waals surface area contributed by atoms with Gasteiger partial charge in [0.25, 0.3) is 0 Å². The summed E-state index contributed by atoms with van der Waals surface area (Å²) in [7, 11) is 1.65. The molecule has 3 aromatic rings. The van der Waals surface area contributed by atoms with Gasteiger partial charge in [-0.05, 0) is 38.5 Å². The van der Waals surface area contributed by atoms with Gasteiger partial charge in [0.1, 0.15) is 12.4 Å².